The summed E-state index contributed by atoms with van der Waals surface area (Å²) in [4.78, 5) is 4.72. The standard InChI is InChI=1S/C20H26N2O4S/c1-16-4-10-20(11-5-16)27(23,24)26-19-8-6-18(7-9-19)22-14-12-21(13-15-22)17(2)25-3/h4-11,17H,12-15H2,1-3H3. The number of nitrogens with zero attached hydrogens (tertiary/aromatic N) is 2. The molecule has 2 aromatic carbocycles. The van der Waals surface area contributed by atoms with Gasteiger partial charge < -0.3 is 13.8 Å². The van der Waals surface area contributed by atoms with Crippen molar-refractivity contribution in [1.29, 1.82) is 0 Å². The first-order valence-electron chi connectivity index (χ1n) is 9.02. The summed E-state index contributed by atoms with van der Waals surface area (Å²) < 4.78 is 35.4. The van der Waals surface area contributed by atoms with E-state index in [1.54, 1.807) is 43.5 Å². The van der Waals surface area contributed by atoms with Gasteiger partial charge in [0.2, 0.25) is 0 Å². The van der Waals surface area contributed by atoms with Gasteiger partial charge in [0.15, 0.2) is 0 Å². The smallest absolute Gasteiger partial charge is 0.339 e. The van der Waals surface area contributed by atoms with Crippen LogP contribution < -0.4 is 9.08 Å². The lowest BCUT2D eigenvalue weighted by Gasteiger charge is -2.38. The monoisotopic (exact) mass is 390 g/mol. The fraction of sp³-hybridized carbons (Fsp3) is 0.400. The highest BCUT2D eigenvalue weighted by atomic mass is 32.2. The van der Waals surface area contributed by atoms with Crippen molar-refractivity contribution in [2.45, 2.75) is 25.0 Å². The Balaban J connectivity index is 1.63. The summed E-state index contributed by atoms with van der Waals surface area (Å²) in [7, 11) is -2.10. The molecule has 27 heavy (non-hydrogen) atoms. The minimum absolute atomic E-state index is 0.120. The van der Waals surface area contributed by atoms with E-state index in [1.165, 1.54) is 0 Å². The van der Waals surface area contributed by atoms with E-state index in [0.29, 0.717) is 5.75 Å². The largest absolute Gasteiger partial charge is 0.379 e. The molecular weight excluding hydrogens is 364 g/mol. The highest BCUT2D eigenvalue weighted by Crippen LogP contribution is 2.24. The molecule has 7 heteroatoms. The Hall–Kier alpha value is -2.09. The van der Waals surface area contributed by atoms with Gasteiger partial charge in [0, 0.05) is 39.0 Å². The number of hydrogen-bond donors (Lipinski definition) is 0. The van der Waals surface area contributed by atoms with Gasteiger partial charge in [-0.05, 0) is 50.2 Å². The topological polar surface area (TPSA) is 59.1 Å². The highest BCUT2D eigenvalue weighted by Gasteiger charge is 2.21. The molecule has 1 atom stereocenters. The summed E-state index contributed by atoms with van der Waals surface area (Å²) in [5.74, 6) is 0.311. The molecule has 146 valence electrons. The summed E-state index contributed by atoms with van der Waals surface area (Å²) >= 11 is 0. The van der Waals surface area contributed by atoms with E-state index in [2.05, 4.69) is 16.7 Å². The average Bonchev–Trinajstić information content (AvgIpc) is 2.68. The van der Waals surface area contributed by atoms with E-state index in [9.17, 15) is 8.42 Å². The molecule has 1 saturated heterocycles. The van der Waals surface area contributed by atoms with Gasteiger partial charge in [0.05, 0.1) is 0 Å². The van der Waals surface area contributed by atoms with E-state index >= 15 is 0 Å². The first kappa shape index (κ1) is 19.7. The van der Waals surface area contributed by atoms with E-state index in [-0.39, 0.29) is 11.1 Å². The van der Waals surface area contributed by atoms with Crippen LogP contribution in [0.4, 0.5) is 5.69 Å². The summed E-state index contributed by atoms with van der Waals surface area (Å²) in [5.41, 5.74) is 2.05. The molecule has 0 spiro atoms. The molecule has 0 aliphatic carbocycles. The van der Waals surface area contributed by atoms with Gasteiger partial charge in [-0.3, -0.25) is 4.90 Å². The van der Waals surface area contributed by atoms with Gasteiger partial charge in [-0.25, -0.2) is 0 Å². The number of methoxy groups -OCH3 is 1. The molecule has 0 aromatic heterocycles. The maximum absolute atomic E-state index is 12.4. The number of aryl methyl sites for hydroxylation is 1. The third-order valence-corrected chi connectivity index (χ3v) is 6.15. The fourth-order valence-electron chi connectivity index (χ4n) is 3.09. The molecular formula is C20H26N2O4S. The number of benzene rings is 2. The molecule has 0 N–H and O–H groups in total. The maximum atomic E-state index is 12.4. The Morgan fingerprint density at radius 3 is 2.07 bits per heavy atom. The highest BCUT2D eigenvalue weighted by molar-refractivity contribution is 7.87. The van der Waals surface area contributed by atoms with E-state index in [4.69, 9.17) is 8.92 Å². The zero-order chi connectivity index (χ0) is 19.4. The molecule has 3 rings (SSSR count). The van der Waals surface area contributed by atoms with Crippen LogP contribution in [0.15, 0.2) is 53.4 Å². The minimum atomic E-state index is -3.82. The Kier molecular flexibility index (Phi) is 6.04. The molecule has 1 aliphatic heterocycles. The Labute approximate surface area is 161 Å². The molecule has 1 heterocycles. The Morgan fingerprint density at radius 2 is 1.52 bits per heavy atom. The molecule has 1 unspecified atom stereocenters. The third kappa shape index (κ3) is 4.80. The average molecular weight is 391 g/mol. The minimum Gasteiger partial charge on any atom is -0.379 e. The van der Waals surface area contributed by atoms with Crippen molar-refractivity contribution < 1.29 is 17.3 Å². The third-order valence-electron chi connectivity index (χ3n) is 4.89. The molecule has 2 aromatic rings. The fourth-order valence-corrected chi connectivity index (χ4v) is 4.02. The molecule has 1 fully saturated rings. The number of ether oxygens (including phenoxy) is 1. The Bertz CT molecular complexity index is 843. The van der Waals surface area contributed by atoms with E-state index in [0.717, 1.165) is 37.4 Å². The van der Waals surface area contributed by atoms with Crippen molar-refractivity contribution in [3.05, 3.63) is 54.1 Å². The van der Waals surface area contributed by atoms with Crippen molar-refractivity contribution in [3.8, 4) is 5.75 Å². The van der Waals surface area contributed by atoms with Crippen molar-refractivity contribution >= 4 is 15.8 Å². The maximum Gasteiger partial charge on any atom is 0.339 e. The summed E-state index contributed by atoms with van der Waals surface area (Å²) in [6.07, 6.45) is 0.120. The Morgan fingerprint density at radius 1 is 0.926 bits per heavy atom. The zero-order valence-corrected chi connectivity index (χ0v) is 16.8. The normalized spacial score (nSPS) is 16.9. The van der Waals surface area contributed by atoms with Crippen LogP contribution in [0.5, 0.6) is 5.75 Å². The number of rotatable bonds is 6. The van der Waals surface area contributed by atoms with Crippen molar-refractivity contribution in [2.75, 3.05) is 38.2 Å². The predicted octanol–water partition coefficient (Wildman–Crippen LogP) is 2.88. The van der Waals surface area contributed by atoms with Gasteiger partial charge in [-0.1, -0.05) is 17.7 Å². The van der Waals surface area contributed by atoms with Crippen LogP contribution in [0.25, 0.3) is 0 Å². The molecule has 0 amide bonds. The van der Waals surface area contributed by atoms with Crippen LogP contribution in [0.1, 0.15) is 12.5 Å². The first-order valence-corrected chi connectivity index (χ1v) is 10.4. The number of piperazine rings is 1. The second-order valence-electron chi connectivity index (χ2n) is 6.70. The molecule has 6 nitrogen and oxygen atoms in total. The SMILES string of the molecule is COC(C)N1CCN(c2ccc(OS(=O)(=O)c3ccc(C)cc3)cc2)CC1. The van der Waals surface area contributed by atoms with Gasteiger partial charge in [0.1, 0.15) is 16.9 Å². The quantitative estimate of drug-likeness (QED) is 0.707. The molecule has 0 bridgehead atoms. The second kappa shape index (κ2) is 8.29. The van der Waals surface area contributed by atoms with Crippen molar-refractivity contribution in [3.63, 3.8) is 0 Å². The van der Waals surface area contributed by atoms with Gasteiger partial charge in [0.25, 0.3) is 0 Å². The summed E-state index contributed by atoms with van der Waals surface area (Å²) in [5, 5.41) is 0. The van der Waals surface area contributed by atoms with Crippen LogP contribution in [-0.4, -0.2) is 52.8 Å². The lowest BCUT2D eigenvalue weighted by molar-refractivity contribution is -0.0212. The second-order valence-corrected chi connectivity index (χ2v) is 8.25. The lowest BCUT2D eigenvalue weighted by Crippen LogP contribution is -2.50. The van der Waals surface area contributed by atoms with Crippen LogP contribution in [0.3, 0.4) is 0 Å². The molecule has 1 aliphatic rings. The first-order chi connectivity index (χ1) is 12.9. The van der Waals surface area contributed by atoms with Crippen LogP contribution in [0, 0.1) is 6.92 Å². The van der Waals surface area contributed by atoms with Crippen LogP contribution >= 0.6 is 0 Å². The molecule has 0 saturated carbocycles. The zero-order valence-electron chi connectivity index (χ0n) is 16.0. The van der Waals surface area contributed by atoms with Crippen LogP contribution in [-0.2, 0) is 14.9 Å². The van der Waals surface area contributed by atoms with E-state index in [1.807, 2.05) is 19.1 Å². The molecule has 0 radical (unpaired) electrons. The summed E-state index contributed by atoms with van der Waals surface area (Å²) in [6.45, 7) is 7.61. The van der Waals surface area contributed by atoms with E-state index < -0.39 is 10.1 Å². The predicted molar refractivity (Wildman–Crippen MR) is 106 cm³/mol. The number of hydrogen-bond acceptors (Lipinski definition) is 6. The van der Waals surface area contributed by atoms with Crippen LogP contribution in [0.2, 0.25) is 0 Å². The van der Waals surface area contributed by atoms with Gasteiger partial charge in [-0.2, -0.15) is 8.42 Å². The van der Waals surface area contributed by atoms with Crippen molar-refractivity contribution in [2.24, 2.45) is 0 Å². The number of anilines is 1. The summed E-state index contributed by atoms with van der Waals surface area (Å²) in [6, 6.07) is 13.8. The van der Waals surface area contributed by atoms with Gasteiger partial charge >= 0.3 is 10.1 Å². The van der Waals surface area contributed by atoms with Crippen molar-refractivity contribution in [1.82, 2.24) is 4.90 Å². The lowest BCUT2D eigenvalue weighted by atomic mass is 10.2. The van der Waals surface area contributed by atoms with Gasteiger partial charge in [-0.15, -0.1) is 0 Å².